The lowest BCUT2D eigenvalue weighted by Crippen LogP contribution is -2.49. The molecule has 0 bridgehead atoms. The molecule has 2 aliphatic rings. The van der Waals surface area contributed by atoms with Crippen LogP contribution in [0.15, 0.2) is 0 Å². The fourth-order valence-corrected chi connectivity index (χ4v) is 3.27. The van der Waals surface area contributed by atoms with Gasteiger partial charge in [0.25, 0.3) is 0 Å². The highest BCUT2D eigenvalue weighted by molar-refractivity contribution is 7.88. The van der Waals surface area contributed by atoms with Crippen molar-refractivity contribution in [1.29, 1.82) is 0 Å². The lowest BCUT2D eigenvalue weighted by atomic mass is 10.1. The van der Waals surface area contributed by atoms with E-state index in [0.717, 1.165) is 32.1 Å². The molecule has 0 spiro atoms. The normalized spacial score (nSPS) is 33.5. The maximum absolute atomic E-state index is 12.0. The van der Waals surface area contributed by atoms with Gasteiger partial charge in [-0.05, 0) is 25.2 Å². The van der Waals surface area contributed by atoms with E-state index in [1.807, 2.05) is 4.90 Å². The van der Waals surface area contributed by atoms with Crippen LogP contribution in [0.1, 0.15) is 26.2 Å². The highest BCUT2D eigenvalue weighted by Gasteiger charge is 2.42. The van der Waals surface area contributed by atoms with Gasteiger partial charge in [-0.1, -0.05) is 6.92 Å². The topological polar surface area (TPSA) is 66.5 Å². The van der Waals surface area contributed by atoms with Gasteiger partial charge in [0.2, 0.25) is 15.9 Å². The van der Waals surface area contributed by atoms with Crippen molar-refractivity contribution in [3.8, 4) is 0 Å². The van der Waals surface area contributed by atoms with Crippen LogP contribution in [0.2, 0.25) is 0 Å². The molecule has 3 atom stereocenters. The molecule has 0 aromatic heterocycles. The van der Waals surface area contributed by atoms with Gasteiger partial charge in [-0.3, -0.25) is 4.79 Å². The number of nitrogens with zero attached hydrogens (tertiary/aromatic N) is 1. The predicted octanol–water partition coefficient (Wildman–Crippen LogP) is 0.183. The van der Waals surface area contributed by atoms with Crippen molar-refractivity contribution >= 4 is 15.9 Å². The van der Waals surface area contributed by atoms with Gasteiger partial charge >= 0.3 is 0 Å². The first-order valence-corrected chi connectivity index (χ1v) is 8.02. The first-order chi connectivity index (χ1) is 7.87. The molecule has 1 saturated heterocycles. The molecule has 1 heterocycles. The zero-order valence-corrected chi connectivity index (χ0v) is 11.2. The van der Waals surface area contributed by atoms with Crippen molar-refractivity contribution in [1.82, 2.24) is 9.62 Å². The Labute approximate surface area is 103 Å². The molecule has 0 aromatic carbocycles. The summed E-state index contributed by atoms with van der Waals surface area (Å²) in [5, 5.41) is 0. The standard InChI is InChI=1S/C11H20N2O3S/c1-8-6-10(8)11(14)13-5-3-4-9(7-13)12-17(2,15)16/h8-10,12H,3-7H2,1-2H3/t8-,9+,10+/m1/s1. The molecular weight excluding hydrogens is 240 g/mol. The molecule has 2 fully saturated rings. The summed E-state index contributed by atoms with van der Waals surface area (Å²) in [7, 11) is -3.18. The minimum atomic E-state index is -3.18. The Morgan fingerprint density at radius 3 is 2.59 bits per heavy atom. The third-order valence-electron chi connectivity index (χ3n) is 3.54. The van der Waals surface area contributed by atoms with E-state index in [4.69, 9.17) is 0 Å². The molecule has 1 saturated carbocycles. The van der Waals surface area contributed by atoms with E-state index in [9.17, 15) is 13.2 Å². The zero-order valence-electron chi connectivity index (χ0n) is 10.3. The number of hydrogen-bond acceptors (Lipinski definition) is 3. The number of carbonyl (C=O) groups excluding carboxylic acids is 1. The highest BCUT2D eigenvalue weighted by Crippen LogP contribution is 2.39. The summed E-state index contributed by atoms with van der Waals surface area (Å²) in [6.45, 7) is 3.37. The van der Waals surface area contributed by atoms with E-state index in [2.05, 4.69) is 11.6 Å². The van der Waals surface area contributed by atoms with E-state index < -0.39 is 10.0 Å². The third kappa shape index (κ3) is 3.42. The van der Waals surface area contributed by atoms with E-state index in [-0.39, 0.29) is 17.9 Å². The fourth-order valence-electron chi connectivity index (χ4n) is 2.48. The van der Waals surface area contributed by atoms with Gasteiger partial charge in [0.15, 0.2) is 0 Å². The molecule has 1 amide bonds. The van der Waals surface area contributed by atoms with Crippen molar-refractivity contribution in [2.45, 2.75) is 32.2 Å². The first-order valence-electron chi connectivity index (χ1n) is 6.13. The number of likely N-dealkylation sites (tertiary alicyclic amines) is 1. The quantitative estimate of drug-likeness (QED) is 0.787. The van der Waals surface area contributed by atoms with E-state index in [1.54, 1.807) is 0 Å². The molecule has 17 heavy (non-hydrogen) atoms. The Balaban J connectivity index is 1.90. The minimum Gasteiger partial charge on any atom is -0.341 e. The average molecular weight is 260 g/mol. The van der Waals surface area contributed by atoms with E-state index in [1.165, 1.54) is 0 Å². The summed E-state index contributed by atoms with van der Waals surface area (Å²) >= 11 is 0. The van der Waals surface area contributed by atoms with Crippen LogP contribution in [0, 0.1) is 11.8 Å². The molecule has 0 radical (unpaired) electrons. The second kappa shape index (κ2) is 4.57. The average Bonchev–Trinajstić information content (AvgIpc) is 2.92. The Morgan fingerprint density at radius 2 is 2.06 bits per heavy atom. The van der Waals surface area contributed by atoms with Crippen LogP contribution in [-0.2, 0) is 14.8 Å². The van der Waals surface area contributed by atoms with E-state index in [0.29, 0.717) is 12.5 Å². The number of nitrogens with one attached hydrogen (secondary N) is 1. The number of rotatable bonds is 3. The summed E-state index contributed by atoms with van der Waals surface area (Å²) in [6.07, 6.45) is 3.84. The Kier molecular flexibility index (Phi) is 3.45. The van der Waals surface area contributed by atoms with Crippen molar-refractivity contribution in [3.63, 3.8) is 0 Å². The Morgan fingerprint density at radius 1 is 1.41 bits per heavy atom. The fraction of sp³-hybridized carbons (Fsp3) is 0.909. The maximum atomic E-state index is 12.0. The summed E-state index contributed by atoms with van der Waals surface area (Å²) in [5.41, 5.74) is 0. The molecule has 1 aliphatic carbocycles. The minimum absolute atomic E-state index is 0.114. The number of amides is 1. The summed E-state index contributed by atoms with van der Waals surface area (Å²) in [4.78, 5) is 13.9. The highest BCUT2D eigenvalue weighted by atomic mass is 32.2. The van der Waals surface area contributed by atoms with Crippen LogP contribution in [0.5, 0.6) is 0 Å². The summed E-state index contributed by atoms with van der Waals surface area (Å²) < 4.78 is 24.9. The van der Waals surface area contributed by atoms with Crippen LogP contribution in [0.25, 0.3) is 0 Å². The SMILES string of the molecule is C[C@@H]1C[C@@H]1C(=O)N1CCC[C@H](NS(C)(=O)=O)C1. The van der Waals surface area contributed by atoms with E-state index >= 15 is 0 Å². The molecule has 1 aliphatic heterocycles. The van der Waals surface area contributed by atoms with Gasteiger partial charge in [-0.15, -0.1) is 0 Å². The monoisotopic (exact) mass is 260 g/mol. The van der Waals surface area contributed by atoms with Crippen molar-refractivity contribution in [3.05, 3.63) is 0 Å². The first kappa shape index (κ1) is 12.8. The van der Waals surface area contributed by atoms with Gasteiger partial charge < -0.3 is 4.90 Å². The smallest absolute Gasteiger partial charge is 0.226 e. The van der Waals surface area contributed by atoms with Gasteiger partial charge in [0.1, 0.15) is 0 Å². The third-order valence-corrected chi connectivity index (χ3v) is 4.30. The lowest BCUT2D eigenvalue weighted by Gasteiger charge is -2.33. The second-order valence-electron chi connectivity index (χ2n) is 5.33. The number of hydrogen-bond donors (Lipinski definition) is 1. The van der Waals surface area contributed by atoms with Crippen LogP contribution >= 0.6 is 0 Å². The number of sulfonamides is 1. The molecule has 98 valence electrons. The zero-order chi connectivity index (χ0) is 12.6. The van der Waals surface area contributed by atoms with Gasteiger partial charge in [0.05, 0.1) is 6.26 Å². The molecule has 1 N–H and O–H groups in total. The van der Waals surface area contributed by atoms with Gasteiger partial charge in [0, 0.05) is 25.0 Å². The molecule has 0 unspecified atom stereocenters. The van der Waals surface area contributed by atoms with Crippen LogP contribution in [0.4, 0.5) is 0 Å². The lowest BCUT2D eigenvalue weighted by molar-refractivity contribution is -0.134. The Bertz CT molecular complexity index is 407. The molecule has 5 nitrogen and oxygen atoms in total. The molecule has 6 heteroatoms. The number of piperidine rings is 1. The maximum Gasteiger partial charge on any atom is 0.226 e. The van der Waals surface area contributed by atoms with Crippen molar-refractivity contribution in [2.75, 3.05) is 19.3 Å². The van der Waals surface area contributed by atoms with Crippen LogP contribution in [0.3, 0.4) is 0 Å². The van der Waals surface area contributed by atoms with Gasteiger partial charge in [-0.2, -0.15) is 0 Å². The largest absolute Gasteiger partial charge is 0.341 e. The summed E-state index contributed by atoms with van der Waals surface area (Å²) in [6, 6.07) is -0.114. The van der Waals surface area contributed by atoms with Crippen LogP contribution in [-0.4, -0.2) is 44.6 Å². The second-order valence-corrected chi connectivity index (χ2v) is 7.11. The Hall–Kier alpha value is -0.620. The molecular formula is C11H20N2O3S. The molecule has 2 rings (SSSR count). The number of carbonyl (C=O) groups is 1. The summed E-state index contributed by atoms with van der Waals surface area (Å²) in [5.74, 6) is 0.898. The van der Waals surface area contributed by atoms with Crippen LogP contribution < -0.4 is 4.72 Å². The van der Waals surface area contributed by atoms with Gasteiger partial charge in [-0.25, -0.2) is 13.1 Å². The predicted molar refractivity (Wildman–Crippen MR) is 64.9 cm³/mol. The van der Waals surface area contributed by atoms with Crippen molar-refractivity contribution in [2.24, 2.45) is 11.8 Å². The molecule has 0 aromatic rings. The van der Waals surface area contributed by atoms with Crippen molar-refractivity contribution < 1.29 is 13.2 Å².